The largest absolute Gasteiger partial charge is 0.483 e. The van der Waals surface area contributed by atoms with Crippen molar-refractivity contribution in [2.45, 2.75) is 31.5 Å². The molecule has 5 aromatic rings. The van der Waals surface area contributed by atoms with Crippen molar-refractivity contribution in [3.8, 4) is 11.8 Å². The first kappa shape index (κ1) is 31.0. The van der Waals surface area contributed by atoms with E-state index in [1.807, 2.05) is 6.07 Å². The number of amides is 1. The van der Waals surface area contributed by atoms with Crippen molar-refractivity contribution in [1.82, 2.24) is 24.8 Å². The van der Waals surface area contributed by atoms with Crippen LogP contribution in [-0.2, 0) is 27.2 Å². The van der Waals surface area contributed by atoms with Crippen molar-refractivity contribution in [3.63, 3.8) is 0 Å². The third-order valence-electron chi connectivity index (χ3n) is 7.83. The van der Waals surface area contributed by atoms with Crippen LogP contribution in [0.1, 0.15) is 16.9 Å². The van der Waals surface area contributed by atoms with Crippen molar-refractivity contribution in [2.75, 3.05) is 38.2 Å². The van der Waals surface area contributed by atoms with Crippen LogP contribution in [0.5, 0.6) is 0 Å². The Balaban J connectivity index is 0.00000119. The number of aryl methyl sites for hydroxylation is 2. The molecule has 12 heteroatoms. The van der Waals surface area contributed by atoms with Crippen LogP contribution < -0.4 is 10.6 Å². The minimum absolute atomic E-state index is 0.0388. The first-order chi connectivity index (χ1) is 22.6. The van der Waals surface area contributed by atoms with Crippen LogP contribution in [0, 0.1) is 11.8 Å². The lowest BCUT2D eigenvalue weighted by atomic mass is 10.1. The highest BCUT2D eigenvalue weighted by atomic mass is 32.1. The van der Waals surface area contributed by atoms with Crippen LogP contribution in [0.15, 0.2) is 73.2 Å². The van der Waals surface area contributed by atoms with E-state index in [1.54, 1.807) is 22.6 Å². The predicted octanol–water partition coefficient (Wildman–Crippen LogP) is 4.88. The number of thiophene rings is 1. The lowest BCUT2D eigenvalue weighted by Crippen LogP contribution is -2.42. The fraction of sp³-hybridized carbons (Fsp3) is 0.294. The minimum atomic E-state index is -0.272. The van der Waals surface area contributed by atoms with Crippen LogP contribution in [0.4, 0.5) is 16.3 Å². The molecule has 1 amide bonds. The molecule has 3 N–H and O–H groups in total. The molecule has 0 bridgehead atoms. The molecule has 2 unspecified atom stereocenters. The fourth-order valence-corrected chi connectivity index (χ4v) is 6.45. The molecule has 2 aliphatic heterocycles. The zero-order valence-corrected chi connectivity index (χ0v) is 25.9. The number of nitrogens with zero attached hydrogens (tertiary/aromatic N) is 4. The van der Waals surface area contributed by atoms with Gasteiger partial charge in [-0.15, -0.1) is 11.3 Å². The number of anilines is 2. The zero-order chi connectivity index (χ0) is 31.7. The summed E-state index contributed by atoms with van der Waals surface area (Å²) in [4.78, 5) is 32.4. The Hall–Kier alpha value is -4.96. The highest BCUT2D eigenvalue weighted by Gasteiger charge is 2.28. The lowest BCUT2D eigenvalue weighted by Gasteiger charge is -2.27. The molecule has 46 heavy (non-hydrogen) atoms. The van der Waals surface area contributed by atoms with Gasteiger partial charge in [0, 0.05) is 55.4 Å². The molecular formula is C34H34N6O5S. The number of fused-ring (bicyclic) bond motifs is 2. The first-order valence-corrected chi connectivity index (χ1v) is 15.9. The molecular weight excluding hydrogens is 604 g/mol. The monoisotopic (exact) mass is 638 g/mol. The number of carbonyl (C=O) groups excluding carboxylic acids is 1. The van der Waals surface area contributed by atoms with E-state index in [-0.39, 0.29) is 24.7 Å². The van der Waals surface area contributed by atoms with Gasteiger partial charge in [-0.2, -0.15) is 0 Å². The van der Waals surface area contributed by atoms with Gasteiger partial charge in [-0.3, -0.25) is 10.1 Å². The third-order valence-corrected chi connectivity index (χ3v) is 8.87. The number of hydrogen-bond acceptors (Lipinski definition) is 9. The maximum atomic E-state index is 12.4. The van der Waals surface area contributed by atoms with E-state index >= 15 is 0 Å². The van der Waals surface area contributed by atoms with Gasteiger partial charge in [0.15, 0.2) is 5.82 Å². The molecule has 5 heterocycles. The van der Waals surface area contributed by atoms with Crippen molar-refractivity contribution >= 4 is 56.5 Å². The molecule has 0 radical (unpaired) electrons. The number of ether oxygens (including phenoxy) is 2. The van der Waals surface area contributed by atoms with Crippen molar-refractivity contribution in [2.24, 2.45) is 0 Å². The number of nitrogens with one attached hydrogen (secondary N) is 2. The van der Waals surface area contributed by atoms with Gasteiger partial charge in [0.05, 0.1) is 34.3 Å². The van der Waals surface area contributed by atoms with Gasteiger partial charge in [0.2, 0.25) is 0 Å². The average molecular weight is 639 g/mol. The number of carboxylic acid groups (broad SMARTS) is 1. The average Bonchev–Trinajstić information content (AvgIpc) is 3.83. The number of morpholine rings is 1. The summed E-state index contributed by atoms with van der Waals surface area (Å²) in [5.74, 6) is 7.37. The van der Waals surface area contributed by atoms with Crippen LogP contribution in [-0.4, -0.2) is 82.1 Å². The Morgan fingerprint density at radius 1 is 1.15 bits per heavy atom. The lowest BCUT2D eigenvalue weighted by molar-refractivity contribution is -0.122. The van der Waals surface area contributed by atoms with Gasteiger partial charge >= 0.3 is 6.09 Å². The van der Waals surface area contributed by atoms with E-state index in [0.717, 1.165) is 39.6 Å². The minimum Gasteiger partial charge on any atom is -0.483 e. The Kier molecular flexibility index (Phi) is 10.0. The molecule has 2 atom stereocenters. The van der Waals surface area contributed by atoms with E-state index in [1.165, 1.54) is 16.5 Å². The Morgan fingerprint density at radius 2 is 1.98 bits per heavy atom. The van der Waals surface area contributed by atoms with E-state index in [0.29, 0.717) is 39.3 Å². The van der Waals surface area contributed by atoms with Crippen molar-refractivity contribution in [1.29, 1.82) is 0 Å². The van der Waals surface area contributed by atoms with Gasteiger partial charge in [0.1, 0.15) is 12.4 Å². The molecule has 2 aromatic carbocycles. The highest BCUT2D eigenvalue weighted by Crippen LogP contribution is 2.31. The summed E-state index contributed by atoms with van der Waals surface area (Å²) < 4.78 is 14.3. The second kappa shape index (κ2) is 14.9. The van der Waals surface area contributed by atoms with Crippen LogP contribution in [0.2, 0.25) is 0 Å². The summed E-state index contributed by atoms with van der Waals surface area (Å²) in [7, 11) is 0. The van der Waals surface area contributed by atoms with Gasteiger partial charge in [-0.05, 0) is 42.3 Å². The van der Waals surface area contributed by atoms with Crippen molar-refractivity contribution in [3.05, 3.63) is 83.6 Å². The van der Waals surface area contributed by atoms with Gasteiger partial charge in [-0.25, -0.2) is 14.8 Å². The third kappa shape index (κ3) is 7.63. The molecule has 2 aliphatic rings. The first-order valence-electron chi connectivity index (χ1n) is 15.1. The summed E-state index contributed by atoms with van der Waals surface area (Å²) in [6.07, 6.45) is 4.94. The SMILES string of the molecule is O=C(OC1CNC(C#Cc2cc3ncnc(Nc4ccc5c(ccn5CCc5ccccc5)c4)c3s2)C1)N1CCOCC1.O=CO. The molecule has 0 aliphatic carbocycles. The van der Waals surface area contributed by atoms with Gasteiger partial charge in [-0.1, -0.05) is 42.2 Å². The van der Waals surface area contributed by atoms with E-state index in [9.17, 15) is 4.79 Å². The second-order valence-electron chi connectivity index (χ2n) is 10.9. The number of rotatable bonds is 6. The number of aromatic nitrogens is 3. The number of hydrogen-bond donors (Lipinski definition) is 3. The molecule has 0 saturated carbocycles. The van der Waals surface area contributed by atoms with Gasteiger partial charge in [0.25, 0.3) is 6.47 Å². The Labute approximate surface area is 270 Å². The summed E-state index contributed by atoms with van der Waals surface area (Å²) in [5, 5.41) is 14.9. The fourth-order valence-electron chi connectivity index (χ4n) is 5.53. The molecule has 236 valence electrons. The molecule has 2 fully saturated rings. The predicted molar refractivity (Wildman–Crippen MR) is 177 cm³/mol. The van der Waals surface area contributed by atoms with Gasteiger partial charge < -0.3 is 29.4 Å². The van der Waals surface area contributed by atoms with Crippen LogP contribution >= 0.6 is 11.3 Å². The normalized spacial score (nSPS) is 17.5. The quantitative estimate of drug-likeness (QED) is 0.176. The second-order valence-corrected chi connectivity index (χ2v) is 11.9. The maximum absolute atomic E-state index is 12.4. The summed E-state index contributed by atoms with van der Waals surface area (Å²) in [5.41, 5.74) is 4.38. The van der Waals surface area contributed by atoms with Crippen LogP contribution in [0.3, 0.4) is 0 Å². The molecule has 0 spiro atoms. The summed E-state index contributed by atoms with van der Waals surface area (Å²) in [6, 6.07) is 21.1. The maximum Gasteiger partial charge on any atom is 0.410 e. The standard InChI is InChI=1S/C33H32N6O3S.CH2O2/c40-33(39-14-16-41-17-15-39)42-27-19-25(34-21-27)6-8-28-20-29-31(43-28)32(36-22-35-29)37-26-7-9-30-24(18-26)11-13-38(30)12-10-23-4-2-1-3-5-23;2-1-3/h1-5,7,9,11,13,18,20,22,25,27,34H,10,12,14-17,19,21H2,(H,35,36,37);1H,(H,2,3). The summed E-state index contributed by atoms with van der Waals surface area (Å²) in [6.45, 7) is 3.55. The number of carbonyl (C=O) groups is 2. The number of benzene rings is 2. The Morgan fingerprint density at radius 3 is 2.80 bits per heavy atom. The molecule has 3 aromatic heterocycles. The van der Waals surface area contributed by atoms with Crippen molar-refractivity contribution < 1.29 is 24.2 Å². The van der Waals surface area contributed by atoms with E-state index in [2.05, 4.69) is 97.8 Å². The Bertz CT molecular complexity index is 1860. The van der Waals surface area contributed by atoms with E-state index in [4.69, 9.17) is 19.4 Å². The van der Waals surface area contributed by atoms with E-state index < -0.39 is 0 Å². The summed E-state index contributed by atoms with van der Waals surface area (Å²) >= 11 is 1.57. The molecule has 2 saturated heterocycles. The topological polar surface area (TPSA) is 131 Å². The molecule has 11 nitrogen and oxygen atoms in total. The smallest absolute Gasteiger partial charge is 0.410 e. The highest BCUT2D eigenvalue weighted by molar-refractivity contribution is 7.20. The van der Waals surface area contributed by atoms with Crippen LogP contribution in [0.25, 0.3) is 21.1 Å². The molecule has 7 rings (SSSR count). The zero-order valence-electron chi connectivity index (χ0n) is 25.1.